The van der Waals surface area contributed by atoms with Crippen molar-refractivity contribution in [2.24, 2.45) is 0 Å². The molecule has 0 atom stereocenters. The molecule has 4 rings (SSSR count). The SMILES string of the molecule is Cc1ccc(-n2c(SCC(=O)OCc3ccccc3)nnc2-c2ccc(F)cc2)cc1. The molecule has 0 saturated carbocycles. The summed E-state index contributed by atoms with van der Waals surface area (Å²) in [6.45, 7) is 2.24. The van der Waals surface area contributed by atoms with Crippen LogP contribution in [0, 0.1) is 12.7 Å². The Hall–Kier alpha value is -3.45. The van der Waals surface area contributed by atoms with Gasteiger partial charge in [-0.2, -0.15) is 0 Å². The van der Waals surface area contributed by atoms with Crippen LogP contribution in [0.25, 0.3) is 17.1 Å². The zero-order chi connectivity index (χ0) is 21.6. The van der Waals surface area contributed by atoms with E-state index >= 15 is 0 Å². The maximum absolute atomic E-state index is 13.4. The number of nitrogens with zero attached hydrogens (tertiary/aromatic N) is 3. The van der Waals surface area contributed by atoms with Crippen molar-refractivity contribution in [3.8, 4) is 17.1 Å². The number of ether oxygens (including phenoxy) is 1. The lowest BCUT2D eigenvalue weighted by Crippen LogP contribution is -2.08. The number of rotatable bonds is 7. The van der Waals surface area contributed by atoms with E-state index in [1.807, 2.05) is 66.1 Å². The van der Waals surface area contributed by atoms with Crippen molar-refractivity contribution in [3.05, 3.63) is 95.8 Å². The fourth-order valence-corrected chi connectivity index (χ4v) is 3.73. The van der Waals surface area contributed by atoms with E-state index in [9.17, 15) is 9.18 Å². The summed E-state index contributed by atoms with van der Waals surface area (Å²) in [5.41, 5.74) is 3.64. The van der Waals surface area contributed by atoms with Gasteiger partial charge >= 0.3 is 5.97 Å². The fraction of sp³-hybridized carbons (Fsp3) is 0.125. The van der Waals surface area contributed by atoms with Crippen LogP contribution in [0.5, 0.6) is 0 Å². The van der Waals surface area contributed by atoms with Gasteiger partial charge in [-0.15, -0.1) is 10.2 Å². The van der Waals surface area contributed by atoms with Crippen LogP contribution < -0.4 is 0 Å². The largest absolute Gasteiger partial charge is 0.460 e. The number of hydrogen-bond donors (Lipinski definition) is 0. The minimum Gasteiger partial charge on any atom is -0.460 e. The minimum absolute atomic E-state index is 0.0975. The number of benzene rings is 3. The zero-order valence-electron chi connectivity index (χ0n) is 16.9. The zero-order valence-corrected chi connectivity index (χ0v) is 17.7. The smallest absolute Gasteiger partial charge is 0.316 e. The molecule has 31 heavy (non-hydrogen) atoms. The van der Waals surface area contributed by atoms with Crippen molar-refractivity contribution in [3.63, 3.8) is 0 Å². The van der Waals surface area contributed by atoms with Gasteiger partial charge in [-0.1, -0.05) is 59.8 Å². The van der Waals surface area contributed by atoms with Crippen LogP contribution in [-0.2, 0) is 16.1 Å². The Kier molecular flexibility index (Phi) is 6.43. The minimum atomic E-state index is -0.337. The normalized spacial score (nSPS) is 10.8. The number of aromatic nitrogens is 3. The molecule has 3 aromatic carbocycles. The summed E-state index contributed by atoms with van der Waals surface area (Å²) < 4.78 is 20.6. The third-order valence-electron chi connectivity index (χ3n) is 4.59. The molecule has 0 fully saturated rings. The molecule has 0 aliphatic carbocycles. The van der Waals surface area contributed by atoms with Crippen LogP contribution >= 0.6 is 11.8 Å². The lowest BCUT2D eigenvalue weighted by atomic mass is 10.2. The summed E-state index contributed by atoms with van der Waals surface area (Å²) in [6.07, 6.45) is 0. The molecule has 0 aliphatic rings. The Morgan fingerprint density at radius 1 is 0.968 bits per heavy atom. The predicted octanol–water partition coefficient (Wildman–Crippen LogP) is 5.22. The lowest BCUT2D eigenvalue weighted by molar-refractivity contribution is -0.141. The van der Waals surface area contributed by atoms with Crippen molar-refractivity contribution >= 4 is 17.7 Å². The third-order valence-corrected chi connectivity index (χ3v) is 5.49. The summed E-state index contributed by atoms with van der Waals surface area (Å²) >= 11 is 1.25. The summed E-state index contributed by atoms with van der Waals surface area (Å²) in [7, 11) is 0. The lowest BCUT2D eigenvalue weighted by Gasteiger charge is -2.11. The summed E-state index contributed by atoms with van der Waals surface area (Å²) in [5, 5.41) is 9.14. The van der Waals surface area contributed by atoms with Gasteiger partial charge in [0.15, 0.2) is 11.0 Å². The van der Waals surface area contributed by atoms with E-state index < -0.39 is 0 Å². The topological polar surface area (TPSA) is 57.0 Å². The Balaban J connectivity index is 1.55. The van der Waals surface area contributed by atoms with Gasteiger partial charge < -0.3 is 4.74 Å². The molecule has 7 heteroatoms. The fourth-order valence-electron chi connectivity index (χ4n) is 2.98. The van der Waals surface area contributed by atoms with Gasteiger partial charge in [-0.3, -0.25) is 9.36 Å². The highest BCUT2D eigenvalue weighted by Gasteiger charge is 2.18. The molecule has 0 saturated heterocycles. The van der Waals surface area contributed by atoms with Gasteiger partial charge in [-0.25, -0.2) is 4.39 Å². The molecule has 0 unspecified atom stereocenters. The van der Waals surface area contributed by atoms with E-state index in [1.54, 1.807) is 12.1 Å². The van der Waals surface area contributed by atoms with E-state index in [4.69, 9.17) is 4.74 Å². The summed E-state index contributed by atoms with van der Waals surface area (Å²) in [5.74, 6) is 0.0147. The number of halogens is 1. The number of hydrogen-bond acceptors (Lipinski definition) is 5. The van der Waals surface area contributed by atoms with Crippen molar-refractivity contribution in [2.75, 3.05) is 5.75 Å². The number of carbonyl (C=O) groups is 1. The van der Waals surface area contributed by atoms with Crippen LogP contribution in [0.3, 0.4) is 0 Å². The first-order chi connectivity index (χ1) is 15.1. The second-order valence-electron chi connectivity index (χ2n) is 6.92. The molecule has 0 bridgehead atoms. The molecular weight excluding hydrogens is 413 g/mol. The molecule has 4 aromatic rings. The van der Waals surface area contributed by atoms with Crippen LogP contribution in [0.4, 0.5) is 4.39 Å². The molecule has 0 aliphatic heterocycles. The Labute approximate surface area is 183 Å². The van der Waals surface area contributed by atoms with Crippen molar-refractivity contribution in [1.82, 2.24) is 14.8 Å². The van der Waals surface area contributed by atoms with Crippen molar-refractivity contribution < 1.29 is 13.9 Å². The second kappa shape index (κ2) is 9.57. The number of aryl methyl sites for hydroxylation is 1. The average molecular weight is 434 g/mol. The van der Waals surface area contributed by atoms with Crippen LogP contribution in [-0.4, -0.2) is 26.5 Å². The van der Waals surface area contributed by atoms with E-state index in [0.717, 1.165) is 22.4 Å². The van der Waals surface area contributed by atoms with Gasteiger partial charge in [0.1, 0.15) is 12.4 Å². The van der Waals surface area contributed by atoms with E-state index in [0.29, 0.717) is 11.0 Å². The van der Waals surface area contributed by atoms with Gasteiger partial charge in [0, 0.05) is 11.3 Å². The van der Waals surface area contributed by atoms with Crippen molar-refractivity contribution in [2.45, 2.75) is 18.7 Å². The highest BCUT2D eigenvalue weighted by Crippen LogP contribution is 2.28. The second-order valence-corrected chi connectivity index (χ2v) is 7.86. The van der Waals surface area contributed by atoms with E-state index in [1.165, 1.54) is 23.9 Å². The van der Waals surface area contributed by atoms with Crippen molar-refractivity contribution in [1.29, 1.82) is 0 Å². The number of carbonyl (C=O) groups excluding carboxylic acids is 1. The first-order valence-electron chi connectivity index (χ1n) is 9.71. The summed E-state index contributed by atoms with van der Waals surface area (Å²) in [6, 6.07) is 23.5. The van der Waals surface area contributed by atoms with E-state index in [2.05, 4.69) is 10.2 Å². The molecule has 0 radical (unpaired) electrons. The van der Waals surface area contributed by atoms with Gasteiger partial charge in [-0.05, 0) is 48.9 Å². The third kappa shape index (κ3) is 5.19. The highest BCUT2D eigenvalue weighted by molar-refractivity contribution is 7.99. The molecular formula is C24H20FN3O2S. The quantitative estimate of drug-likeness (QED) is 0.296. The monoisotopic (exact) mass is 433 g/mol. The predicted molar refractivity (Wildman–Crippen MR) is 118 cm³/mol. The first-order valence-corrected chi connectivity index (χ1v) is 10.7. The molecule has 1 aromatic heterocycles. The molecule has 1 heterocycles. The van der Waals surface area contributed by atoms with Crippen LogP contribution in [0.15, 0.2) is 84.0 Å². The molecule has 0 spiro atoms. The van der Waals surface area contributed by atoms with Gasteiger partial charge in [0.05, 0.1) is 5.75 Å². The molecule has 0 amide bonds. The highest BCUT2D eigenvalue weighted by atomic mass is 32.2. The maximum atomic E-state index is 13.4. The number of esters is 1. The molecule has 5 nitrogen and oxygen atoms in total. The number of thioether (sulfide) groups is 1. The molecule has 156 valence electrons. The van der Waals surface area contributed by atoms with Gasteiger partial charge in [0.2, 0.25) is 0 Å². The Morgan fingerprint density at radius 2 is 1.68 bits per heavy atom. The summed E-state index contributed by atoms with van der Waals surface area (Å²) in [4.78, 5) is 12.3. The Morgan fingerprint density at radius 3 is 2.39 bits per heavy atom. The molecule has 0 N–H and O–H groups in total. The standard InChI is InChI=1S/C24H20FN3O2S/c1-17-7-13-21(14-8-17)28-23(19-9-11-20(25)12-10-19)26-27-24(28)31-16-22(29)30-15-18-5-3-2-4-6-18/h2-14H,15-16H2,1H3. The average Bonchev–Trinajstić information content (AvgIpc) is 3.22. The van der Waals surface area contributed by atoms with Gasteiger partial charge in [0.25, 0.3) is 0 Å². The van der Waals surface area contributed by atoms with Crippen LogP contribution in [0.1, 0.15) is 11.1 Å². The van der Waals surface area contributed by atoms with E-state index in [-0.39, 0.29) is 24.1 Å². The maximum Gasteiger partial charge on any atom is 0.316 e. The van der Waals surface area contributed by atoms with Crippen LogP contribution in [0.2, 0.25) is 0 Å². The Bertz CT molecular complexity index is 1160. The first kappa shape index (κ1) is 20.8.